The van der Waals surface area contributed by atoms with E-state index < -0.39 is 5.97 Å². The number of rotatable bonds is 6. The van der Waals surface area contributed by atoms with E-state index in [0.29, 0.717) is 11.6 Å². The number of carboxylic acid groups (broad SMARTS) is 1. The first-order valence-corrected chi connectivity index (χ1v) is 8.46. The van der Waals surface area contributed by atoms with Crippen LogP contribution in [0.1, 0.15) is 24.8 Å². The second-order valence-electron chi connectivity index (χ2n) is 5.96. The fourth-order valence-corrected chi connectivity index (χ4v) is 3.31. The molecule has 1 heterocycles. The summed E-state index contributed by atoms with van der Waals surface area (Å²) >= 11 is 6.15. The predicted octanol–water partition coefficient (Wildman–Crippen LogP) is 4.36. The van der Waals surface area contributed by atoms with Gasteiger partial charge in [0.25, 0.3) is 0 Å². The normalized spacial score (nSPS) is 17.0. The lowest BCUT2D eigenvalue weighted by atomic mass is 10.1. The lowest BCUT2D eigenvalue weighted by molar-refractivity contribution is -0.137. The van der Waals surface area contributed by atoms with Crippen LogP contribution in [-0.2, 0) is 11.4 Å². The molecule has 0 saturated carbocycles. The van der Waals surface area contributed by atoms with Crippen molar-refractivity contribution in [3.63, 3.8) is 0 Å². The number of hydrogen-bond acceptors (Lipinski definition) is 3. The minimum Gasteiger partial charge on any atom is -0.489 e. The Hall–Kier alpha value is -2.20. The SMILES string of the molecule is O=C(O)CC1CCCN1c1cccc(OCc2ccccc2Cl)c1. The summed E-state index contributed by atoms with van der Waals surface area (Å²) in [6.07, 6.45) is 2.10. The number of carbonyl (C=O) groups is 1. The molecule has 0 radical (unpaired) electrons. The van der Waals surface area contributed by atoms with Gasteiger partial charge in [-0.05, 0) is 31.0 Å². The molecule has 24 heavy (non-hydrogen) atoms. The van der Waals surface area contributed by atoms with Gasteiger partial charge in [-0.25, -0.2) is 0 Å². The fourth-order valence-electron chi connectivity index (χ4n) is 3.12. The molecule has 1 fully saturated rings. The molecular weight excluding hydrogens is 326 g/mol. The molecule has 1 N–H and O–H groups in total. The zero-order valence-corrected chi connectivity index (χ0v) is 14.1. The zero-order valence-electron chi connectivity index (χ0n) is 13.3. The molecule has 1 aliphatic heterocycles. The van der Waals surface area contributed by atoms with Crippen molar-refractivity contribution in [2.75, 3.05) is 11.4 Å². The van der Waals surface area contributed by atoms with Crippen LogP contribution in [0.4, 0.5) is 5.69 Å². The van der Waals surface area contributed by atoms with Crippen molar-refractivity contribution >= 4 is 23.3 Å². The van der Waals surface area contributed by atoms with Gasteiger partial charge in [-0.1, -0.05) is 35.9 Å². The Kier molecular flexibility index (Phi) is 5.26. The van der Waals surface area contributed by atoms with Gasteiger partial charge in [0.1, 0.15) is 12.4 Å². The molecule has 1 aliphatic rings. The van der Waals surface area contributed by atoms with Crippen LogP contribution in [0.25, 0.3) is 0 Å². The standard InChI is InChI=1S/C19H20ClNO3/c20-18-9-2-1-5-14(18)13-24-17-8-3-6-15(11-17)21-10-4-7-16(21)12-19(22)23/h1-3,5-6,8-9,11,16H,4,7,10,12-13H2,(H,22,23). The summed E-state index contributed by atoms with van der Waals surface area (Å²) in [5.74, 6) is 0.00594. The summed E-state index contributed by atoms with van der Waals surface area (Å²) in [6.45, 7) is 1.29. The van der Waals surface area contributed by atoms with Crippen molar-refractivity contribution in [2.45, 2.75) is 31.9 Å². The molecule has 5 heteroatoms. The van der Waals surface area contributed by atoms with Gasteiger partial charge in [-0.2, -0.15) is 0 Å². The first-order valence-electron chi connectivity index (χ1n) is 8.08. The van der Waals surface area contributed by atoms with Gasteiger partial charge >= 0.3 is 5.97 Å². The van der Waals surface area contributed by atoms with E-state index >= 15 is 0 Å². The Bertz CT molecular complexity index is 719. The van der Waals surface area contributed by atoms with Crippen molar-refractivity contribution in [3.8, 4) is 5.75 Å². The molecule has 0 aliphatic carbocycles. The average Bonchev–Trinajstić information content (AvgIpc) is 3.02. The van der Waals surface area contributed by atoms with E-state index in [1.165, 1.54) is 0 Å². The number of hydrogen-bond donors (Lipinski definition) is 1. The molecule has 2 aromatic rings. The first kappa shape index (κ1) is 16.7. The molecule has 4 nitrogen and oxygen atoms in total. The van der Waals surface area contributed by atoms with Crippen LogP contribution in [0.3, 0.4) is 0 Å². The number of anilines is 1. The molecule has 0 aromatic heterocycles. The summed E-state index contributed by atoms with van der Waals surface area (Å²) in [5.41, 5.74) is 1.95. The third-order valence-corrected chi connectivity index (χ3v) is 4.66. The largest absolute Gasteiger partial charge is 0.489 e. The van der Waals surface area contributed by atoms with Crippen LogP contribution in [0.2, 0.25) is 5.02 Å². The molecule has 0 spiro atoms. The van der Waals surface area contributed by atoms with Crippen LogP contribution >= 0.6 is 11.6 Å². The number of aliphatic carboxylic acids is 1. The van der Waals surface area contributed by atoms with E-state index in [2.05, 4.69) is 4.90 Å². The third-order valence-electron chi connectivity index (χ3n) is 4.29. The molecule has 0 bridgehead atoms. The van der Waals surface area contributed by atoms with E-state index in [4.69, 9.17) is 21.4 Å². The smallest absolute Gasteiger partial charge is 0.305 e. The maximum Gasteiger partial charge on any atom is 0.305 e. The van der Waals surface area contributed by atoms with Gasteiger partial charge in [0.2, 0.25) is 0 Å². The van der Waals surface area contributed by atoms with E-state index in [0.717, 1.165) is 36.4 Å². The van der Waals surface area contributed by atoms with E-state index in [1.807, 2.05) is 48.5 Å². The molecule has 1 saturated heterocycles. The van der Waals surface area contributed by atoms with Crippen molar-refractivity contribution < 1.29 is 14.6 Å². The maximum absolute atomic E-state index is 11.0. The highest BCUT2D eigenvalue weighted by atomic mass is 35.5. The Balaban J connectivity index is 1.70. The molecule has 2 aromatic carbocycles. The molecule has 1 unspecified atom stereocenters. The summed E-state index contributed by atoms with van der Waals surface area (Å²) in [4.78, 5) is 13.2. The van der Waals surface area contributed by atoms with Gasteiger partial charge in [0.15, 0.2) is 0 Å². The Morgan fingerprint density at radius 3 is 2.88 bits per heavy atom. The quantitative estimate of drug-likeness (QED) is 0.845. The monoisotopic (exact) mass is 345 g/mol. The van der Waals surface area contributed by atoms with Crippen LogP contribution in [0.15, 0.2) is 48.5 Å². The minimum atomic E-state index is -0.752. The van der Waals surface area contributed by atoms with Gasteiger partial charge in [-0.3, -0.25) is 4.79 Å². The van der Waals surface area contributed by atoms with Crippen LogP contribution in [0.5, 0.6) is 5.75 Å². The molecule has 126 valence electrons. The van der Waals surface area contributed by atoms with E-state index in [1.54, 1.807) is 0 Å². The number of ether oxygens (including phenoxy) is 1. The lowest BCUT2D eigenvalue weighted by Crippen LogP contribution is -2.31. The highest BCUT2D eigenvalue weighted by Gasteiger charge is 2.26. The Labute approximate surface area is 146 Å². The van der Waals surface area contributed by atoms with Gasteiger partial charge < -0.3 is 14.7 Å². The highest BCUT2D eigenvalue weighted by Crippen LogP contribution is 2.30. The first-order chi connectivity index (χ1) is 11.6. The average molecular weight is 346 g/mol. The summed E-state index contributed by atoms with van der Waals surface area (Å²) in [6, 6.07) is 15.5. The third kappa shape index (κ3) is 4.01. The fraction of sp³-hybridized carbons (Fsp3) is 0.316. The second-order valence-corrected chi connectivity index (χ2v) is 6.37. The summed E-state index contributed by atoms with van der Waals surface area (Å²) in [7, 11) is 0. The van der Waals surface area contributed by atoms with Crippen molar-refractivity contribution in [1.82, 2.24) is 0 Å². The topological polar surface area (TPSA) is 49.8 Å². The number of benzene rings is 2. The number of halogens is 1. The van der Waals surface area contributed by atoms with Crippen molar-refractivity contribution in [2.24, 2.45) is 0 Å². The van der Waals surface area contributed by atoms with Crippen LogP contribution in [0, 0.1) is 0 Å². The summed E-state index contributed by atoms with van der Waals surface area (Å²) in [5, 5.41) is 9.76. The Morgan fingerprint density at radius 1 is 1.25 bits per heavy atom. The maximum atomic E-state index is 11.0. The minimum absolute atomic E-state index is 0.0568. The second kappa shape index (κ2) is 7.58. The summed E-state index contributed by atoms with van der Waals surface area (Å²) < 4.78 is 5.86. The molecule has 0 amide bonds. The lowest BCUT2D eigenvalue weighted by Gasteiger charge is -2.26. The van der Waals surface area contributed by atoms with Gasteiger partial charge in [0.05, 0.1) is 6.42 Å². The number of carboxylic acids is 1. The highest BCUT2D eigenvalue weighted by molar-refractivity contribution is 6.31. The van der Waals surface area contributed by atoms with Gasteiger partial charge in [0, 0.05) is 34.9 Å². The van der Waals surface area contributed by atoms with Crippen molar-refractivity contribution in [3.05, 3.63) is 59.1 Å². The Morgan fingerprint density at radius 2 is 2.08 bits per heavy atom. The molecule has 3 rings (SSSR count). The predicted molar refractivity (Wildman–Crippen MR) is 94.8 cm³/mol. The van der Waals surface area contributed by atoms with E-state index in [9.17, 15) is 4.79 Å². The van der Waals surface area contributed by atoms with Crippen molar-refractivity contribution in [1.29, 1.82) is 0 Å². The molecular formula is C19H20ClNO3. The van der Waals surface area contributed by atoms with E-state index in [-0.39, 0.29) is 12.5 Å². The molecule has 1 atom stereocenters. The van der Waals surface area contributed by atoms with Crippen LogP contribution in [-0.4, -0.2) is 23.7 Å². The number of nitrogens with zero attached hydrogens (tertiary/aromatic N) is 1. The zero-order chi connectivity index (χ0) is 16.9. The van der Waals surface area contributed by atoms with Gasteiger partial charge in [-0.15, -0.1) is 0 Å². The van der Waals surface area contributed by atoms with Crippen LogP contribution < -0.4 is 9.64 Å².